The van der Waals surface area contributed by atoms with E-state index in [1.54, 1.807) is 11.1 Å². The lowest BCUT2D eigenvalue weighted by Crippen LogP contribution is -2.40. The van der Waals surface area contributed by atoms with E-state index < -0.39 is 17.6 Å². The van der Waals surface area contributed by atoms with Gasteiger partial charge in [-0.15, -0.1) is 0 Å². The third-order valence-electron chi connectivity index (χ3n) is 4.77. The Bertz CT molecular complexity index is 920. The quantitative estimate of drug-likeness (QED) is 0.816. The fourth-order valence-electron chi connectivity index (χ4n) is 3.34. The van der Waals surface area contributed by atoms with Crippen LogP contribution in [0.1, 0.15) is 23.2 Å². The Balaban J connectivity index is 1.47. The third kappa shape index (κ3) is 3.65. The second-order valence-corrected chi connectivity index (χ2v) is 6.65. The Morgan fingerprint density at radius 1 is 1.21 bits per heavy atom. The van der Waals surface area contributed by atoms with Crippen LogP contribution in [0, 0.1) is 23.5 Å². The number of amides is 1. The van der Waals surface area contributed by atoms with Crippen molar-refractivity contribution in [3.8, 4) is 0 Å². The molecule has 0 aliphatic carbocycles. The fraction of sp³-hybridized carbons (Fsp3) is 0.263. The topological polar surface area (TPSA) is 57.7 Å². The number of benzene rings is 1. The molecule has 0 spiro atoms. The number of nitrogens with zero attached hydrogens (tertiary/aromatic N) is 3. The minimum Gasteiger partial charge on any atom is -0.391 e. The molecule has 2 aliphatic heterocycles. The van der Waals surface area contributed by atoms with Crippen molar-refractivity contribution in [2.45, 2.75) is 12.8 Å². The molecule has 1 amide bonds. The number of piperidine rings is 1. The summed E-state index contributed by atoms with van der Waals surface area (Å²) in [4.78, 5) is 23.3. The Labute approximate surface area is 159 Å². The molecule has 1 aromatic heterocycles. The van der Waals surface area contributed by atoms with Gasteiger partial charge in [0.1, 0.15) is 11.6 Å². The zero-order chi connectivity index (χ0) is 19.7. The number of aromatic nitrogens is 1. The van der Waals surface area contributed by atoms with Crippen molar-refractivity contribution in [1.82, 2.24) is 15.5 Å². The molecule has 0 saturated carbocycles. The molecular weight excluding hydrogens is 373 g/mol. The van der Waals surface area contributed by atoms with E-state index in [1.807, 2.05) is 0 Å². The standard InChI is InChI=1S/C19H17F3N4O2/c20-14-4-5-16(15(21)8-14)26-11-17(28-24-26)13-2-1-7-25(10-13)19(27)12-3-6-18(22)23-9-12/h3-6,8-9,11,13,24H,1-2,7,10H2/t13-/m0/s1. The van der Waals surface area contributed by atoms with Crippen LogP contribution in [0.15, 0.2) is 48.5 Å². The largest absolute Gasteiger partial charge is 0.391 e. The predicted octanol–water partition coefficient (Wildman–Crippen LogP) is 3.15. The first kappa shape index (κ1) is 18.3. The molecule has 28 heavy (non-hydrogen) atoms. The normalized spacial score (nSPS) is 19.4. The molecule has 1 saturated heterocycles. The van der Waals surface area contributed by atoms with Gasteiger partial charge in [0.15, 0.2) is 5.82 Å². The van der Waals surface area contributed by atoms with Crippen LogP contribution in [0.3, 0.4) is 0 Å². The maximum Gasteiger partial charge on any atom is 0.255 e. The summed E-state index contributed by atoms with van der Waals surface area (Å²) in [7, 11) is 0. The molecule has 2 aromatic rings. The Morgan fingerprint density at radius 3 is 2.82 bits per heavy atom. The summed E-state index contributed by atoms with van der Waals surface area (Å²) in [5.41, 5.74) is 3.02. The van der Waals surface area contributed by atoms with Gasteiger partial charge in [0.2, 0.25) is 5.95 Å². The molecule has 2 aliphatic rings. The molecule has 1 fully saturated rings. The summed E-state index contributed by atoms with van der Waals surface area (Å²) >= 11 is 0. The van der Waals surface area contributed by atoms with E-state index >= 15 is 0 Å². The van der Waals surface area contributed by atoms with Gasteiger partial charge in [-0.25, -0.2) is 18.8 Å². The molecule has 146 valence electrons. The van der Waals surface area contributed by atoms with Crippen molar-refractivity contribution >= 4 is 11.6 Å². The highest BCUT2D eigenvalue weighted by Gasteiger charge is 2.31. The highest BCUT2D eigenvalue weighted by Crippen LogP contribution is 2.30. The van der Waals surface area contributed by atoms with Gasteiger partial charge in [-0.3, -0.25) is 4.79 Å². The molecule has 4 rings (SSSR count). The molecule has 0 radical (unpaired) electrons. The lowest BCUT2D eigenvalue weighted by atomic mass is 9.95. The molecule has 9 heteroatoms. The lowest BCUT2D eigenvalue weighted by Gasteiger charge is -2.32. The Kier molecular flexibility index (Phi) is 4.91. The van der Waals surface area contributed by atoms with E-state index in [2.05, 4.69) is 10.6 Å². The van der Waals surface area contributed by atoms with Gasteiger partial charge in [0.25, 0.3) is 5.91 Å². The summed E-state index contributed by atoms with van der Waals surface area (Å²) in [5, 5.41) is 1.33. The fourth-order valence-corrected chi connectivity index (χ4v) is 3.34. The molecule has 0 bridgehead atoms. The number of anilines is 1. The Morgan fingerprint density at radius 2 is 2.07 bits per heavy atom. The molecule has 6 nitrogen and oxygen atoms in total. The van der Waals surface area contributed by atoms with Gasteiger partial charge in [-0.1, -0.05) is 5.59 Å². The van der Waals surface area contributed by atoms with Gasteiger partial charge in [0.05, 0.1) is 17.5 Å². The van der Waals surface area contributed by atoms with Crippen molar-refractivity contribution in [3.63, 3.8) is 0 Å². The number of hydrazine groups is 1. The van der Waals surface area contributed by atoms with Crippen LogP contribution in [0.4, 0.5) is 18.9 Å². The average molecular weight is 390 g/mol. The van der Waals surface area contributed by atoms with Crippen molar-refractivity contribution in [1.29, 1.82) is 0 Å². The number of nitrogens with one attached hydrogen (secondary N) is 1. The van der Waals surface area contributed by atoms with Crippen LogP contribution in [0.25, 0.3) is 0 Å². The van der Waals surface area contributed by atoms with Crippen molar-refractivity contribution < 1.29 is 22.8 Å². The average Bonchev–Trinajstić information content (AvgIpc) is 3.18. The molecule has 1 aromatic carbocycles. The highest BCUT2D eigenvalue weighted by atomic mass is 19.1. The van der Waals surface area contributed by atoms with E-state index in [0.717, 1.165) is 31.0 Å². The van der Waals surface area contributed by atoms with E-state index in [-0.39, 0.29) is 17.5 Å². The minimum atomic E-state index is -0.724. The molecule has 3 heterocycles. The molecule has 1 atom stereocenters. The van der Waals surface area contributed by atoms with Crippen LogP contribution < -0.4 is 10.6 Å². The number of rotatable bonds is 3. The van der Waals surface area contributed by atoms with Crippen molar-refractivity contribution in [2.24, 2.45) is 5.92 Å². The molecular formula is C19H17F3N4O2. The van der Waals surface area contributed by atoms with Gasteiger partial charge >= 0.3 is 0 Å². The zero-order valence-electron chi connectivity index (χ0n) is 14.7. The smallest absolute Gasteiger partial charge is 0.255 e. The Hall–Kier alpha value is -3.07. The first-order valence-corrected chi connectivity index (χ1v) is 8.80. The SMILES string of the molecule is O=C(c1ccc(F)nc1)N1CCC[C@H](C2=CN(c3ccc(F)cc3F)NO2)C1. The van der Waals surface area contributed by atoms with Crippen LogP contribution in [-0.2, 0) is 4.84 Å². The van der Waals surface area contributed by atoms with Gasteiger partial charge in [-0.05, 0) is 37.1 Å². The van der Waals surface area contributed by atoms with Gasteiger partial charge in [0, 0.05) is 31.3 Å². The first-order valence-electron chi connectivity index (χ1n) is 8.80. The van der Waals surface area contributed by atoms with Crippen LogP contribution in [0.5, 0.6) is 0 Å². The summed E-state index contributed by atoms with van der Waals surface area (Å²) in [6, 6.07) is 5.81. The van der Waals surface area contributed by atoms with Crippen molar-refractivity contribution in [2.75, 3.05) is 18.1 Å². The van der Waals surface area contributed by atoms with E-state index in [4.69, 9.17) is 4.84 Å². The number of hydrogen-bond acceptors (Lipinski definition) is 5. The first-order chi connectivity index (χ1) is 13.5. The maximum atomic E-state index is 14.0. The van der Waals surface area contributed by atoms with Crippen LogP contribution in [0.2, 0.25) is 0 Å². The highest BCUT2D eigenvalue weighted by molar-refractivity contribution is 5.94. The summed E-state index contributed by atoms with van der Waals surface area (Å²) in [6.07, 6.45) is 4.36. The zero-order valence-corrected chi connectivity index (χ0v) is 14.7. The molecule has 1 N–H and O–H groups in total. The predicted molar refractivity (Wildman–Crippen MR) is 94.0 cm³/mol. The number of carbonyl (C=O) groups is 1. The number of hydrogen-bond donors (Lipinski definition) is 1. The second kappa shape index (κ2) is 7.51. The van der Waals surface area contributed by atoms with E-state index in [0.29, 0.717) is 24.4 Å². The van der Waals surface area contributed by atoms with Gasteiger partial charge < -0.3 is 9.74 Å². The molecule has 0 unspecified atom stereocenters. The number of pyridine rings is 1. The second-order valence-electron chi connectivity index (χ2n) is 6.65. The summed E-state index contributed by atoms with van der Waals surface area (Å²) in [6.45, 7) is 0.979. The van der Waals surface area contributed by atoms with E-state index in [9.17, 15) is 18.0 Å². The van der Waals surface area contributed by atoms with Gasteiger partial charge in [-0.2, -0.15) is 4.39 Å². The monoisotopic (exact) mass is 390 g/mol. The van der Waals surface area contributed by atoms with Crippen LogP contribution in [-0.4, -0.2) is 28.9 Å². The number of halogens is 3. The minimum absolute atomic E-state index is 0.0906. The summed E-state index contributed by atoms with van der Waals surface area (Å²) in [5.74, 6) is -1.80. The maximum absolute atomic E-state index is 14.0. The number of likely N-dealkylation sites (tertiary alicyclic amines) is 1. The third-order valence-corrected chi connectivity index (χ3v) is 4.77. The lowest BCUT2D eigenvalue weighted by molar-refractivity contribution is 0.0577. The van der Waals surface area contributed by atoms with E-state index in [1.165, 1.54) is 23.3 Å². The number of carbonyl (C=O) groups excluding carboxylic acids is 1. The summed E-state index contributed by atoms with van der Waals surface area (Å²) < 4.78 is 40.0. The van der Waals surface area contributed by atoms with Crippen molar-refractivity contribution in [3.05, 3.63) is 71.6 Å². The van der Waals surface area contributed by atoms with Crippen LogP contribution >= 0.6 is 0 Å².